The van der Waals surface area contributed by atoms with Crippen molar-refractivity contribution in [1.82, 2.24) is 0 Å². The van der Waals surface area contributed by atoms with Crippen molar-refractivity contribution in [3.05, 3.63) is 58.7 Å². The predicted molar refractivity (Wildman–Crippen MR) is 117 cm³/mol. The van der Waals surface area contributed by atoms with Gasteiger partial charge in [0.1, 0.15) is 0 Å². The maximum Gasteiger partial charge on any atom is 0.154 e. The van der Waals surface area contributed by atoms with Gasteiger partial charge in [-0.15, -0.1) is 0 Å². The molecular weight excluding hydrogens is 472 g/mol. The zero-order valence-electron chi connectivity index (χ0n) is 15.8. The van der Waals surface area contributed by atoms with Gasteiger partial charge in [-0.25, -0.2) is 0 Å². The van der Waals surface area contributed by atoms with Gasteiger partial charge in [-0.1, -0.05) is 68.3 Å². The second kappa shape index (κ2) is 10.2. The fraction of sp³-hybridized carbons (Fsp3) is 0.455. The molecule has 1 aliphatic carbocycles. The van der Waals surface area contributed by atoms with Crippen LogP contribution in [0.25, 0.3) is 11.1 Å². The Morgan fingerprint density at radius 2 is 1.48 bits per heavy atom. The number of methoxy groups -OCH3 is 1. The minimum absolute atomic E-state index is 0.187. The molecule has 1 unspecified atom stereocenters. The third kappa shape index (κ3) is 5.01. The fourth-order valence-electron chi connectivity index (χ4n) is 3.58. The third-order valence-corrected chi connectivity index (χ3v) is 6.34. The van der Waals surface area contributed by atoms with E-state index in [1.165, 1.54) is 33.4 Å². The highest BCUT2D eigenvalue weighted by atomic mass is 79.9. The Balaban J connectivity index is 1.70. The van der Waals surface area contributed by atoms with Crippen LogP contribution >= 0.6 is 31.9 Å². The third-order valence-electron chi connectivity index (χ3n) is 5.04. The Morgan fingerprint density at radius 3 is 2.00 bits per heavy atom. The highest BCUT2D eigenvalue weighted by Crippen LogP contribution is 2.47. The molecule has 146 valence electrons. The van der Waals surface area contributed by atoms with Crippen molar-refractivity contribution in [2.75, 3.05) is 26.9 Å². The van der Waals surface area contributed by atoms with Crippen LogP contribution in [0.1, 0.15) is 41.5 Å². The second-order valence-electron chi connectivity index (χ2n) is 6.74. The van der Waals surface area contributed by atoms with Crippen LogP contribution in [0.3, 0.4) is 0 Å². The van der Waals surface area contributed by atoms with E-state index < -0.39 is 0 Å². The van der Waals surface area contributed by atoms with E-state index in [0.717, 1.165) is 17.1 Å². The van der Waals surface area contributed by atoms with Gasteiger partial charge < -0.3 is 14.2 Å². The summed E-state index contributed by atoms with van der Waals surface area (Å²) in [5, 5.41) is 1.75. The summed E-state index contributed by atoms with van der Waals surface area (Å²) in [7, 11) is 1.64. The first-order valence-corrected chi connectivity index (χ1v) is 11.5. The molecule has 1 aliphatic rings. The molecule has 0 amide bonds. The second-order valence-corrected chi connectivity index (χ2v) is 7.86. The molecule has 0 radical (unpaired) electrons. The van der Waals surface area contributed by atoms with Crippen molar-refractivity contribution >= 4 is 31.9 Å². The molecule has 0 spiro atoms. The fourth-order valence-corrected chi connectivity index (χ4v) is 4.28. The predicted octanol–water partition coefficient (Wildman–Crippen LogP) is 6.00. The Labute approximate surface area is 178 Å². The van der Waals surface area contributed by atoms with Gasteiger partial charge in [0.15, 0.2) is 6.29 Å². The lowest BCUT2D eigenvalue weighted by Crippen LogP contribution is -2.15. The monoisotopic (exact) mass is 496 g/mol. The Kier molecular flexibility index (Phi) is 7.91. The molecule has 1 atom stereocenters. The minimum atomic E-state index is -0.187. The molecule has 5 heteroatoms. The summed E-state index contributed by atoms with van der Waals surface area (Å²) >= 11 is 7.17. The van der Waals surface area contributed by atoms with Crippen molar-refractivity contribution in [3.8, 4) is 11.1 Å². The highest BCUT2D eigenvalue weighted by Gasteiger charge is 2.28. The number of hydrogen-bond donors (Lipinski definition) is 0. The van der Waals surface area contributed by atoms with Gasteiger partial charge in [0, 0.05) is 30.3 Å². The van der Waals surface area contributed by atoms with Gasteiger partial charge in [-0.3, -0.25) is 0 Å². The summed E-state index contributed by atoms with van der Waals surface area (Å²) in [5.41, 5.74) is 8.18. The van der Waals surface area contributed by atoms with Gasteiger partial charge in [0.05, 0.1) is 13.2 Å². The van der Waals surface area contributed by atoms with Crippen molar-refractivity contribution in [2.24, 2.45) is 0 Å². The van der Waals surface area contributed by atoms with E-state index in [9.17, 15) is 0 Å². The van der Waals surface area contributed by atoms with Gasteiger partial charge >= 0.3 is 0 Å². The van der Waals surface area contributed by atoms with Crippen molar-refractivity contribution < 1.29 is 14.2 Å². The number of rotatable bonds is 10. The van der Waals surface area contributed by atoms with Gasteiger partial charge in [-0.05, 0) is 46.7 Å². The van der Waals surface area contributed by atoms with Crippen molar-refractivity contribution in [2.45, 2.75) is 36.2 Å². The smallest absolute Gasteiger partial charge is 0.154 e. The van der Waals surface area contributed by atoms with Crippen LogP contribution in [0.2, 0.25) is 0 Å². The number of alkyl halides is 2. The molecule has 0 saturated heterocycles. The van der Waals surface area contributed by atoms with Crippen LogP contribution < -0.4 is 0 Å². The largest absolute Gasteiger partial charge is 0.379 e. The quantitative estimate of drug-likeness (QED) is 0.229. The summed E-state index contributed by atoms with van der Waals surface area (Å²) in [6.45, 7) is 3.73. The summed E-state index contributed by atoms with van der Waals surface area (Å²) < 4.78 is 16.4. The summed E-state index contributed by atoms with van der Waals surface area (Å²) in [6.07, 6.45) is 0.782. The zero-order valence-corrected chi connectivity index (χ0v) is 19.0. The van der Waals surface area contributed by atoms with Crippen LogP contribution in [0.4, 0.5) is 0 Å². The summed E-state index contributed by atoms with van der Waals surface area (Å²) in [4.78, 5) is 0. The number of hydrogen-bond acceptors (Lipinski definition) is 3. The van der Waals surface area contributed by atoms with E-state index in [4.69, 9.17) is 14.2 Å². The standard InChI is InChI=1S/C22H26Br2O3/c1-15(25-2)27-10-9-26-8-7-20-21-11-16(13-23)3-5-18(21)19-6-4-17(14-24)12-22(19)20/h3-6,11-12,15,20H,7-10,13-14H2,1-2H3. The molecule has 0 saturated carbocycles. The van der Waals surface area contributed by atoms with Crippen LogP contribution in [0.15, 0.2) is 36.4 Å². The van der Waals surface area contributed by atoms with E-state index in [0.29, 0.717) is 25.7 Å². The van der Waals surface area contributed by atoms with Crippen LogP contribution in [-0.4, -0.2) is 33.2 Å². The topological polar surface area (TPSA) is 27.7 Å². The molecule has 2 aromatic carbocycles. The minimum Gasteiger partial charge on any atom is -0.379 e. The molecule has 0 aromatic heterocycles. The lowest BCUT2D eigenvalue weighted by atomic mass is 9.92. The zero-order chi connectivity index (χ0) is 19.2. The van der Waals surface area contributed by atoms with Crippen LogP contribution in [0, 0.1) is 0 Å². The maximum atomic E-state index is 5.83. The van der Waals surface area contributed by atoms with Crippen LogP contribution in [0.5, 0.6) is 0 Å². The van der Waals surface area contributed by atoms with E-state index in [-0.39, 0.29) is 6.29 Å². The lowest BCUT2D eigenvalue weighted by Gasteiger charge is -2.16. The number of benzene rings is 2. The SMILES string of the molecule is COC(C)OCCOCCC1c2cc(CBr)ccc2-c2ccc(CBr)cc21. The van der Waals surface area contributed by atoms with E-state index in [1.807, 2.05) is 6.92 Å². The number of ether oxygens (including phenoxy) is 3. The van der Waals surface area contributed by atoms with E-state index >= 15 is 0 Å². The van der Waals surface area contributed by atoms with E-state index in [1.54, 1.807) is 7.11 Å². The van der Waals surface area contributed by atoms with E-state index in [2.05, 4.69) is 68.3 Å². The van der Waals surface area contributed by atoms with Gasteiger partial charge in [0.2, 0.25) is 0 Å². The first-order valence-electron chi connectivity index (χ1n) is 9.28. The average Bonchev–Trinajstić information content (AvgIpc) is 3.02. The molecule has 0 heterocycles. The average molecular weight is 498 g/mol. The molecule has 0 fully saturated rings. The maximum absolute atomic E-state index is 5.83. The first kappa shape index (κ1) is 21.0. The van der Waals surface area contributed by atoms with Gasteiger partial charge in [0.25, 0.3) is 0 Å². The number of fused-ring (bicyclic) bond motifs is 3. The Hall–Kier alpha value is -0.720. The molecule has 27 heavy (non-hydrogen) atoms. The molecule has 0 N–H and O–H groups in total. The molecule has 0 bridgehead atoms. The van der Waals surface area contributed by atoms with Crippen molar-refractivity contribution in [1.29, 1.82) is 0 Å². The first-order chi connectivity index (χ1) is 13.2. The van der Waals surface area contributed by atoms with Crippen molar-refractivity contribution in [3.63, 3.8) is 0 Å². The van der Waals surface area contributed by atoms with Crippen LogP contribution in [-0.2, 0) is 24.9 Å². The van der Waals surface area contributed by atoms with Gasteiger partial charge in [-0.2, -0.15) is 0 Å². The highest BCUT2D eigenvalue weighted by molar-refractivity contribution is 9.08. The molecule has 3 rings (SSSR count). The number of halogens is 2. The lowest BCUT2D eigenvalue weighted by molar-refractivity contribution is -0.121. The molecule has 2 aromatic rings. The molecular formula is C22H26Br2O3. The normalized spacial score (nSPS) is 14.2. The summed E-state index contributed by atoms with van der Waals surface area (Å²) in [5.74, 6) is 0.381. The Bertz CT molecular complexity index is 710. The molecule has 3 nitrogen and oxygen atoms in total. The molecule has 0 aliphatic heterocycles. The Morgan fingerprint density at radius 1 is 0.889 bits per heavy atom. The summed E-state index contributed by atoms with van der Waals surface area (Å²) in [6, 6.07) is 13.6.